The van der Waals surface area contributed by atoms with E-state index in [9.17, 15) is 14.4 Å². The molecular formula is C39H58O5. The maximum Gasteiger partial charge on any atom is 0.317 e. The van der Waals surface area contributed by atoms with Crippen LogP contribution in [0.25, 0.3) is 0 Å². The third-order valence-corrected chi connectivity index (χ3v) is 8.94. The van der Waals surface area contributed by atoms with Gasteiger partial charge in [-0.05, 0) is 92.9 Å². The van der Waals surface area contributed by atoms with Gasteiger partial charge in [-0.3, -0.25) is 14.4 Å². The lowest BCUT2D eigenvalue weighted by atomic mass is 9.66. The number of unbranched alkanes of at least 4 members (excludes halogenated alkanes) is 1. The van der Waals surface area contributed by atoms with Gasteiger partial charge in [0.1, 0.15) is 5.78 Å². The second-order valence-electron chi connectivity index (χ2n) is 13.9. The van der Waals surface area contributed by atoms with Crippen LogP contribution in [0.1, 0.15) is 135 Å². The average molecular weight is 607 g/mol. The first-order valence-corrected chi connectivity index (χ1v) is 16.9. The first kappa shape index (κ1) is 37.2. The number of ketones is 1. The Morgan fingerprint density at radius 1 is 0.750 bits per heavy atom. The van der Waals surface area contributed by atoms with Crippen molar-refractivity contribution in [2.24, 2.45) is 17.8 Å². The summed E-state index contributed by atoms with van der Waals surface area (Å²) in [7, 11) is 0. The van der Waals surface area contributed by atoms with Crippen LogP contribution in [0.3, 0.4) is 0 Å². The highest BCUT2D eigenvalue weighted by molar-refractivity contribution is 5.84. The molecule has 44 heavy (non-hydrogen) atoms. The van der Waals surface area contributed by atoms with Crippen molar-refractivity contribution in [2.75, 3.05) is 0 Å². The summed E-state index contributed by atoms with van der Waals surface area (Å²) in [5, 5.41) is 9.10. The van der Waals surface area contributed by atoms with Gasteiger partial charge >= 0.3 is 11.9 Å². The first-order chi connectivity index (χ1) is 20.8. The molecule has 0 bridgehead atoms. The molecule has 0 amide bonds. The van der Waals surface area contributed by atoms with E-state index in [0.717, 1.165) is 36.8 Å². The van der Waals surface area contributed by atoms with Gasteiger partial charge in [0, 0.05) is 18.8 Å². The quantitative estimate of drug-likeness (QED) is 0.120. The third-order valence-electron chi connectivity index (χ3n) is 8.94. The number of carbonyl (C=O) groups excluding carboxylic acids is 2. The zero-order valence-electron chi connectivity index (χ0n) is 28.7. The van der Waals surface area contributed by atoms with Crippen LogP contribution in [0.5, 0.6) is 0 Å². The molecule has 0 saturated carbocycles. The zero-order valence-corrected chi connectivity index (χ0v) is 28.7. The monoisotopic (exact) mass is 606 g/mol. The average Bonchev–Trinajstić information content (AvgIpc) is 2.97. The molecule has 2 rings (SSSR count). The highest BCUT2D eigenvalue weighted by Crippen LogP contribution is 2.44. The Bertz CT molecular complexity index is 1160. The highest BCUT2D eigenvalue weighted by Gasteiger charge is 2.45. The number of aliphatic carboxylic acids is 1. The molecule has 5 heteroatoms. The van der Waals surface area contributed by atoms with Crippen LogP contribution in [0, 0.1) is 17.8 Å². The zero-order chi connectivity index (χ0) is 32.9. The fourth-order valence-electron chi connectivity index (χ4n) is 5.98. The number of esters is 1. The van der Waals surface area contributed by atoms with Gasteiger partial charge in [-0.25, -0.2) is 0 Å². The summed E-state index contributed by atoms with van der Waals surface area (Å²) in [6.07, 6.45) is 6.80. The van der Waals surface area contributed by atoms with Crippen molar-refractivity contribution in [1.29, 1.82) is 0 Å². The Kier molecular flexibility index (Phi) is 15.3. The maximum absolute atomic E-state index is 14.2. The molecular weight excluding hydrogens is 548 g/mol. The SMILES string of the molecule is CCC(C)OC(=O)C(C)(c1ccc(CC(C)C)cc1)C(CCCC(=O)CCCCC(C)C(=O)O)c1ccc(CC(C)C)cc1. The molecule has 4 unspecified atom stereocenters. The molecule has 0 spiro atoms. The van der Waals surface area contributed by atoms with Gasteiger partial charge in [-0.15, -0.1) is 0 Å². The topological polar surface area (TPSA) is 80.7 Å². The van der Waals surface area contributed by atoms with Crippen molar-refractivity contribution in [3.05, 3.63) is 70.8 Å². The van der Waals surface area contributed by atoms with E-state index in [2.05, 4.69) is 76.2 Å². The summed E-state index contributed by atoms with van der Waals surface area (Å²) in [5.41, 5.74) is 3.61. The van der Waals surface area contributed by atoms with Crippen LogP contribution in [-0.4, -0.2) is 28.9 Å². The molecule has 1 N–H and O–H groups in total. The van der Waals surface area contributed by atoms with E-state index in [-0.39, 0.29) is 29.7 Å². The van der Waals surface area contributed by atoms with Crippen molar-refractivity contribution in [2.45, 2.75) is 137 Å². The standard InChI is InChI=1S/C39H58O5/c1-9-30(7)44-38(43)39(8,34-23-19-32(20-24-34)26-28(4)5)36(33-21-17-31(18-22-33)25-27(2)3)16-12-15-35(40)14-11-10-13-29(6)37(41)42/h17-24,27-30,36H,9-16,25-26H2,1-8H3,(H,41,42). The van der Waals surface area contributed by atoms with E-state index in [4.69, 9.17) is 9.84 Å². The van der Waals surface area contributed by atoms with E-state index in [0.29, 0.717) is 50.4 Å². The van der Waals surface area contributed by atoms with E-state index in [1.165, 1.54) is 11.1 Å². The Balaban J connectivity index is 2.38. The lowest BCUT2D eigenvalue weighted by Crippen LogP contribution is -2.42. The lowest BCUT2D eigenvalue weighted by molar-refractivity contribution is -0.156. The van der Waals surface area contributed by atoms with Crippen molar-refractivity contribution in [3.63, 3.8) is 0 Å². The molecule has 0 saturated heterocycles. The molecule has 0 aliphatic heterocycles. The number of hydrogen-bond acceptors (Lipinski definition) is 4. The predicted molar refractivity (Wildman–Crippen MR) is 180 cm³/mol. The van der Waals surface area contributed by atoms with Gasteiger partial charge in [0.2, 0.25) is 0 Å². The number of carboxylic acid groups (broad SMARTS) is 1. The van der Waals surface area contributed by atoms with Crippen LogP contribution in [0.15, 0.2) is 48.5 Å². The number of carboxylic acids is 1. The number of rotatable bonds is 20. The van der Waals surface area contributed by atoms with E-state index >= 15 is 0 Å². The van der Waals surface area contributed by atoms with Crippen molar-refractivity contribution in [3.8, 4) is 0 Å². The Morgan fingerprint density at radius 3 is 1.77 bits per heavy atom. The minimum atomic E-state index is -0.935. The van der Waals surface area contributed by atoms with Gasteiger partial charge in [-0.2, -0.15) is 0 Å². The van der Waals surface area contributed by atoms with Gasteiger partial charge in [-0.1, -0.05) is 96.5 Å². The number of hydrogen-bond donors (Lipinski definition) is 1. The van der Waals surface area contributed by atoms with E-state index in [1.54, 1.807) is 6.92 Å². The lowest BCUT2D eigenvalue weighted by Gasteiger charge is -2.37. The molecule has 5 nitrogen and oxygen atoms in total. The molecule has 4 atom stereocenters. The van der Waals surface area contributed by atoms with E-state index in [1.807, 2.05) is 20.8 Å². The molecule has 0 heterocycles. The van der Waals surface area contributed by atoms with E-state index < -0.39 is 11.4 Å². The van der Waals surface area contributed by atoms with Crippen LogP contribution in [0.4, 0.5) is 0 Å². The van der Waals surface area contributed by atoms with Crippen molar-refractivity contribution < 1.29 is 24.2 Å². The van der Waals surface area contributed by atoms with Crippen LogP contribution in [0.2, 0.25) is 0 Å². The summed E-state index contributed by atoms with van der Waals surface area (Å²) in [4.78, 5) is 38.1. The van der Waals surface area contributed by atoms with Crippen molar-refractivity contribution in [1.82, 2.24) is 0 Å². The minimum Gasteiger partial charge on any atom is -0.481 e. The number of benzene rings is 2. The number of carbonyl (C=O) groups is 3. The molecule has 0 fully saturated rings. The second kappa shape index (κ2) is 18.1. The van der Waals surface area contributed by atoms with Gasteiger partial charge in [0.25, 0.3) is 0 Å². The molecule has 0 aliphatic carbocycles. The molecule has 0 aromatic heterocycles. The van der Waals surface area contributed by atoms with Gasteiger partial charge in [0.05, 0.1) is 17.4 Å². The normalized spacial score (nSPS) is 15.0. The number of ether oxygens (including phenoxy) is 1. The Morgan fingerprint density at radius 2 is 1.27 bits per heavy atom. The summed E-state index contributed by atoms with van der Waals surface area (Å²) in [6.45, 7) is 16.5. The fraction of sp³-hybridized carbons (Fsp3) is 0.615. The molecule has 2 aromatic rings. The van der Waals surface area contributed by atoms with Crippen LogP contribution < -0.4 is 0 Å². The molecule has 0 radical (unpaired) electrons. The summed E-state index contributed by atoms with van der Waals surface area (Å²) in [6, 6.07) is 17.2. The summed E-state index contributed by atoms with van der Waals surface area (Å²) in [5.74, 6) is -0.283. The summed E-state index contributed by atoms with van der Waals surface area (Å²) >= 11 is 0. The fourth-order valence-corrected chi connectivity index (χ4v) is 5.98. The van der Waals surface area contributed by atoms with Gasteiger partial charge < -0.3 is 9.84 Å². The molecule has 2 aromatic carbocycles. The number of Topliss-reactive ketones (excluding diaryl/α,β-unsaturated/α-hetero) is 1. The maximum atomic E-state index is 14.2. The molecule has 244 valence electrons. The second-order valence-corrected chi connectivity index (χ2v) is 13.9. The Hall–Kier alpha value is -2.95. The predicted octanol–water partition coefficient (Wildman–Crippen LogP) is 9.49. The first-order valence-electron chi connectivity index (χ1n) is 16.9. The minimum absolute atomic E-state index is 0.174. The largest absolute Gasteiger partial charge is 0.481 e. The van der Waals surface area contributed by atoms with Crippen LogP contribution >= 0.6 is 0 Å². The molecule has 0 aliphatic rings. The van der Waals surface area contributed by atoms with Crippen molar-refractivity contribution >= 4 is 17.7 Å². The Labute approximate surface area is 267 Å². The van der Waals surface area contributed by atoms with Crippen LogP contribution in [-0.2, 0) is 37.4 Å². The van der Waals surface area contributed by atoms with Gasteiger partial charge in [0.15, 0.2) is 0 Å². The smallest absolute Gasteiger partial charge is 0.317 e. The summed E-state index contributed by atoms with van der Waals surface area (Å²) < 4.78 is 6.07. The third kappa shape index (κ3) is 11.5. The highest BCUT2D eigenvalue weighted by atomic mass is 16.5.